The molecule has 6 nitrogen and oxygen atoms in total. The first kappa shape index (κ1) is 16.5. The molecule has 0 aliphatic heterocycles. The molecule has 0 spiro atoms. The summed E-state index contributed by atoms with van der Waals surface area (Å²) in [7, 11) is 0. The van der Waals surface area contributed by atoms with Gasteiger partial charge in [-0.3, -0.25) is 9.59 Å². The normalized spacial score (nSPS) is 21.0. The molecule has 0 heterocycles. The second-order valence-electron chi connectivity index (χ2n) is 6.56. The molecule has 3 N–H and O–H groups in total. The first-order valence-electron chi connectivity index (χ1n) is 6.76. The lowest BCUT2D eigenvalue weighted by molar-refractivity contribution is -0.143. The highest BCUT2D eigenvalue weighted by molar-refractivity contribution is 5.88. The molecule has 0 bridgehead atoms. The molecule has 1 aliphatic carbocycles. The predicted molar refractivity (Wildman–Crippen MR) is 72.1 cm³/mol. The topological polar surface area (TPSA) is 104 Å². The van der Waals surface area contributed by atoms with E-state index in [9.17, 15) is 14.4 Å². The Labute approximate surface area is 118 Å². The highest BCUT2D eigenvalue weighted by Gasteiger charge is 2.68. The van der Waals surface area contributed by atoms with Crippen LogP contribution in [0.5, 0.6) is 0 Å². The molecule has 1 aliphatic rings. The number of carbonyl (C=O) groups is 3. The molecular formula is C14H23NO5. The van der Waals surface area contributed by atoms with Crippen molar-refractivity contribution in [3.8, 4) is 0 Å². The first-order valence-corrected chi connectivity index (χ1v) is 6.76. The fraction of sp³-hybridized carbons (Fsp3) is 0.786. The molecule has 0 aromatic rings. The summed E-state index contributed by atoms with van der Waals surface area (Å²) in [6.07, 6.45) is 0.255. The third-order valence-corrected chi connectivity index (χ3v) is 4.78. The maximum atomic E-state index is 12.2. The van der Waals surface area contributed by atoms with Gasteiger partial charge in [0, 0.05) is 12.3 Å². The summed E-state index contributed by atoms with van der Waals surface area (Å²) in [5, 5.41) is 20.2. The Morgan fingerprint density at radius 3 is 1.95 bits per heavy atom. The molecule has 1 rings (SSSR count). The van der Waals surface area contributed by atoms with E-state index in [1.807, 2.05) is 27.7 Å². The number of carboxylic acid groups (broad SMARTS) is 2. The van der Waals surface area contributed by atoms with Crippen molar-refractivity contribution < 1.29 is 24.6 Å². The Balaban J connectivity index is 2.57. The van der Waals surface area contributed by atoms with Crippen LogP contribution in [0.3, 0.4) is 0 Å². The SMILES string of the molecule is CC1(C)C(C(=O)N[C@H](CCCC(=O)O)C(=O)O)C1(C)C. The van der Waals surface area contributed by atoms with E-state index in [1.165, 1.54) is 0 Å². The van der Waals surface area contributed by atoms with Crippen molar-refractivity contribution in [1.29, 1.82) is 0 Å². The smallest absolute Gasteiger partial charge is 0.326 e. The zero-order chi connectivity index (χ0) is 15.7. The van der Waals surface area contributed by atoms with Gasteiger partial charge in [-0.15, -0.1) is 0 Å². The largest absolute Gasteiger partial charge is 0.481 e. The Morgan fingerprint density at radius 1 is 1.10 bits per heavy atom. The van der Waals surface area contributed by atoms with Crippen molar-refractivity contribution in [2.24, 2.45) is 16.7 Å². The van der Waals surface area contributed by atoms with Crippen LogP contribution in [0, 0.1) is 16.7 Å². The van der Waals surface area contributed by atoms with Gasteiger partial charge in [0.05, 0.1) is 0 Å². The van der Waals surface area contributed by atoms with Crippen LogP contribution in [0.25, 0.3) is 0 Å². The number of hydrogen-bond acceptors (Lipinski definition) is 3. The van der Waals surface area contributed by atoms with Gasteiger partial charge in [0.1, 0.15) is 6.04 Å². The standard InChI is InChI=1S/C14H23NO5/c1-13(2)10(14(13,3)4)11(18)15-8(12(19)20)6-5-7-9(16)17/h8,10H,5-7H2,1-4H3,(H,15,18)(H,16,17)(H,19,20)/t8-/m1/s1. The van der Waals surface area contributed by atoms with Crippen LogP contribution < -0.4 is 5.32 Å². The van der Waals surface area contributed by atoms with Gasteiger partial charge in [0.2, 0.25) is 5.91 Å². The number of hydrogen-bond donors (Lipinski definition) is 3. The van der Waals surface area contributed by atoms with Crippen LogP contribution in [0.15, 0.2) is 0 Å². The van der Waals surface area contributed by atoms with Crippen molar-refractivity contribution in [2.45, 2.75) is 53.0 Å². The molecule has 0 aromatic carbocycles. The van der Waals surface area contributed by atoms with Gasteiger partial charge in [-0.1, -0.05) is 27.7 Å². The summed E-state index contributed by atoms with van der Waals surface area (Å²) in [6, 6.07) is -1.02. The Hall–Kier alpha value is -1.59. The molecule has 1 amide bonds. The number of amides is 1. The summed E-state index contributed by atoms with van der Waals surface area (Å²) < 4.78 is 0. The number of nitrogens with one attached hydrogen (secondary N) is 1. The van der Waals surface area contributed by atoms with Crippen molar-refractivity contribution in [3.05, 3.63) is 0 Å². The molecule has 1 fully saturated rings. The Kier molecular flexibility index (Phi) is 4.46. The fourth-order valence-electron chi connectivity index (χ4n) is 2.82. The molecule has 6 heteroatoms. The van der Waals surface area contributed by atoms with E-state index in [2.05, 4.69) is 5.32 Å². The van der Waals surface area contributed by atoms with Gasteiger partial charge in [-0.2, -0.15) is 0 Å². The van der Waals surface area contributed by atoms with Crippen LogP contribution in [-0.2, 0) is 14.4 Å². The lowest BCUT2D eigenvalue weighted by Crippen LogP contribution is -2.42. The van der Waals surface area contributed by atoms with Crippen molar-refractivity contribution in [1.82, 2.24) is 5.32 Å². The summed E-state index contributed by atoms with van der Waals surface area (Å²) in [5.41, 5.74) is -0.303. The second-order valence-corrected chi connectivity index (χ2v) is 6.56. The van der Waals surface area contributed by atoms with E-state index >= 15 is 0 Å². The van der Waals surface area contributed by atoms with Gasteiger partial charge >= 0.3 is 11.9 Å². The summed E-state index contributed by atoms with van der Waals surface area (Å²) in [6.45, 7) is 7.93. The predicted octanol–water partition coefficient (Wildman–Crippen LogP) is 1.49. The van der Waals surface area contributed by atoms with E-state index in [-0.39, 0.29) is 41.9 Å². The molecule has 20 heavy (non-hydrogen) atoms. The average Bonchev–Trinajstić information content (AvgIpc) is 2.67. The van der Waals surface area contributed by atoms with Crippen molar-refractivity contribution in [2.75, 3.05) is 0 Å². The van der Waals surface area contributed by atoms with Gasteiger partial charge < -0.3 is 15.5 Å². The number of aliphatic carboxylic acids is 2. The number of carbonyl (C=O) groups excluding carboxylic acids is 1. The van der Waals surface area contributed by atoms with E-state index in [0.29, 0.717) is 0 Å². The van der Waals surface area contributed by atoms with Crippen LogP contribution in [0.1, 0.15) is 47.0 Å². The highest BCUT2D eigenvalue weighted by Crippen LogP contribution is 2.68. The quantitative estimate of drug-likeness (QED) is 0.657. The lowest BCUT2D eigenvalue weighted by Gasteiger charge is -2.14. The fourth-order valence-corrected chi connectivity index (χ4v) is 2.82. The summed E-state index contributed by atoms with van der Waals surface area (Å²) in [4.78, 5) is 33.7. The second kappa shape index (κ2) is 5.42. The maximum absolute atomic E-state index is 12.2. The minimum atomic E-state index is -1.12. The van der Waals surface area contributed by atoms with Gasteiger partial charge in [-0.05, 0) is 23.7 Å². The van der Waals surface area contributed by atoms with Gasteiger partial charge in [-0.25, -0.2) is 4.79 Å². The third kappa shape index (κ3) is 3.11. The van der Waals surface area contributed by atoms with E-state index in [1.54, 1.807) is 0 Å². The lowest BCUT2D eigenvalue weighted by atomic mass is 10.0. The molecule has 114 valence electrons. The molecular weight excluding hydrogens is 262 g/mol. The monoisotopic (exact) mass is 285 g/mol. The number of rotatable bonds is 7. The summed E-state index contributed by atoms with van der Waals surface area (Å²) in [5.74, 6) is -2.57. The molecule has 0 aromatic heterocycles. The van der Waals surface area contributed by atoms with E-state index < -0.39 is 18.0 Å². The number of carboxylic acids is 2. The third-order valence-electron chi connectivity index (χ3n) is 4.78. The molecule has 0 saturated heterocycles. The maximum Gasteiger partial charge on any atom is 0.326 e. The minimum absolute atomic E-state index is 0.0972. The summed E-state index contributed by atoms with van der Waals surface area (Å²) >= 11 is 0. The van der Waals surface area contributed by atoms with Gasteiger partial charge in [0.15, 0.2) is 0 Å². The molecule has 1 atom stereocenters. The van der Waals surface area contributed by atoms with Crippen molar-refractivity contribution >= 4 is 17.8 Å². The Morgan fingerprint density at radius 2 is 1.60 bits per heavy atom. The van der Waals surface area contributed by atoms with E-state index in [4.69, 9.17) is 10.2 Å². The zero-order valence-corrected chi connectivity index (χ0v) is 12.4. The minimum Gasteiger partial charge on any atom is -0.481 e. The van der Waals surface area contributed by atoms with Crippen LogP contribution in [0.4, 0.5) is 0 Å². The first-order chi connectivity index (χ1) is 9.01. The van der Waals surface area contributed by atoms with E-state index in [0.717, 1.165) is 0 Å². The van der Waals surface area contributed by atoms with Crippen molar-refractivity contribution in [3.63, 3.8) is 0 Å². The molecule has 1 saturated carbocycles. The molecule has 0 unspecified atom stereocenters. The average molecular weight is 285 g/mol. The van der Waals surface area contributed by atoms with Crippen LogP contribution in [0.2, 0.25) is 0 Å². The Bertz CT molecular complexity index is 413. The zero-order valence-electron chi connectivity index (χ0n) is 12.4. The highest BCUT2D eigenvalue weighted by atomic mass is 16.4. The van der Waals surface area contributed by atoms with Gasteiger partial charge in [0.25, 0.3) is 0 Å². The molecule has 0 radical (unpaired) electrons. The van der Waals surface area contributed by atoms with Crippen LogP contribution in [-0.4, -0.2) is 34.1 Å². The van der Waals surface area contributed by atoms with Crippen LogP contribution >= 0.6 is 0 Å².